The lowest BCUT2D eigenvalue weighted by Gasteiger charge is -2.33. The van der Waals surface area contributed by atoms with Gasteiger partial charge in [-0.25, -0.2) is 13.2 Å². The number of hydrogen-bond donors (Lipinski definition) is 2. The monoisotopic (exact) mass is 399 g/mol. The third-order valence-electron chi connectivity index (χ3n) is 3.97. The number of urea groups is 1. The van der Waals surface area contributed by atoms with Gasteiger partial charge in [-0.3, -0.25) is 25.1 Å². The lowest BCUT2D eigenvalue weighted by molar-refractivity contribution is -0.387. The number of nitro benzene ring substituents is 1. The Labute approximate surface area is 156 Å². The number of amides is 3. The number of hydrogen-bond acceptors (Lipinski definition) is 7. The number of nitrogens with zero attached hydrogens (tertiary/aromatic N) is 3. The average Bonchev–Trinajstić information content (AvgIpc) is 2.62. The van der Waals surface area contributed by atoms with Crippen molar-refractivity contribution in [2.75, 3.05) is 39.3 Å². The maximum absolute atomic E-state index is 12.7. The van der Waals surface area contributed by atoms with E-state index in [1.807, 2.05) is 0 Å². The second-order valence-electron chi connectivity index (χ2n) is 5.81. The van der Waals surface area contributed by atoms with Gasteiger partial charge in [-0.15, -0.1) is 0 Å². The van der Waals surface area contributed by atoms with E-state index in [9.17, 15) is 28.1 Å². The van der Waals surface area contributed by atoms with E-state index in [1.54, 1.807) is 11.8 Å². The van der Waals surface area contributed by atoms with Gasteiger partial charge < -0.3 is 5.32 Å². The molecule has 0 aliphatic carbocycles. The van der Waals surface area contributed by atoms with E-state index in [-0.39, 0.29) is 37.6 Å². The molecule has 1 aromatic rings. The largest absolute Gasteiger partial charge is 0.338 e. The topological polar surface area (TPSA) is 142 Å². The van der Waals surface area contributed by atoms with Crippen molar-refractivity contribution in [2.24, 2.45) is 0 Å². The van der Waals surface area contributed by atoms with E-state index in [2.05, 4.69) is 10.6 Å². The SMILES string of the molecule is CCNC(=O)NC(=O)CN1CCN(S(=O)(=O)c2ccccc2[N+](=O)[O-])CC1. The third-order valence-corrected chi connectivity index (χ3v) is 5.91. The van der Waals surface area contributed by atoms with Crippen LogP contribution in [-0.2, 0) is 14.8 Å². The average molecular weight is 399 g/mol. The van der Waals surface area contributed by atoms with Gasteiger partial charge in [0.25, 0.3) is 5.69 Å². The third kappa shape index (κ3) is 5.21. The Morgan fingerprint density at radius 2 is 1.81 bits per heavy atom. The molecule has 148 valence electrons. The number of carbonyl (C=O) groups is 2. The molecule has 1 saturated heterocycles. The molecule has 0 saturated carbocycles. The molecule has 1 aliphatic heterocycles. The first kappa shape index (κ1) is 20.7. The van der Waals surface area contributed by atoms with E-state index in [0.717, 1.165) is 10.4 Å². The number of rotatable bonds is 6. The van der Waals surface area contributed by atoms with Gasteiger partial charge in [0, 0.05) is 38.8 Å². The molecule has 3 amide bonds. The Morgan fingerprint density at radius 3 is 2.41 bits per heavy atom. The highest BCUT2D eigenvalue weighted by Gasteiger charge is 2.33. The highest BCUT2D eigenvalue weighted by molar-refractivity contribution is 7.89. The summed E-state index contributed by atoms with van der Waals surface area (Å²) in [6.45, 7) is 2.77. The summed E-state index contributed by atoms with van der Waals surface area (Å²) in [5, 5.41) is 15.7. The van der Waals surface area contributed by atoms with E-state index >= 15 is 0 Å². The Bertz CT molecular complexity index is 820. The molecule has 2 N–H and O–H groups in total. The van der Waals surface area contributed by atoms with Crippen LogP contribution in [0.15, 0.2) is 29.2 Å². The highest BCUT2D eigenvalue weighted by atomic mass is 32.2. The van der Waals surface area contributed by atoms with E-state index < -0.39 is 32.6 Å². The van der Waals surface area contributed by atoms with Gasteiger partial charge in [-0.05, 0) is 13.0 Å². The number of benzene rings is 1. The van der Waals surface area contributed by atoms with Crippen LogP contribution in [0.2, 0.25) is 0 Å². The second-order valence-corrected chi connectivity index (χ2v) is 7.72. The van der Waals surface area contributed by atoms with E-state index in [0.29, 0.717) is 6.54 Å². The van der Waals surface area contributed by atoms with Crippen LogP contribution in [0.4, 0.5) is 10.5 Å². The van der Waals surface area contributed by atoms with Crippen LogP contribution < -0.4 is 10.6 Å². The summed E-state index contributed by atoms with van der Waals surface area (Å²) >= 11 is 0. The predicted molar refractivity (Wildman–Crippen MR) is 95.5 cm³/mol. The molecule has 1 aliphatic rings. The summed E-state index contributed by atoms with van der Waals surface area (Å²) in [6.07, 6.45) is 0. The molecule has 0 spiro atoms. The fourth-order valence-electron chi connectivity index (χ4n) is 2.67. The summed E-state index contributed by atoms with van der Waals surface area (Å²) in [5.41, 5.74) is -0.471. The Hall–Kier alpha value is -2.57. The quantitative estimate of drug-likeness (QED) is 0.496. The molecular weight excluding hydrogens is 378 g/mol. The minimum absolute atomic E-state index is 0.0451. The predicted octanol–water partition coefficient (Wildman–Crippen LogP) is -0.253. The van der Waals surface area contributed by atoms with Crippen molar-refractivity contribution in [3.63, 3.8) is 0 Å². The summed E-state index contributed by atoms with van der Waals surface area (Å²) in [6, 6.07) is 4.61. The molecule has 1 fully saturated rings. The van der Waals surface area contributed by atoms with Crippen LogP contribution in [-0.4, -0.2) is 73.8 Å². The van der Waals surface area contributed by atoms with Gasteiger partial charge in [0.05, 0.1) is 11.5 Å². The number of nitro groups is 1. The normalized spacial score (nSPS) is 15.9. The number of nitrogens with one attached hydrogen (secondary N) is 2. The van der Waals surface area contributed by atoms with Crippen molar-refractivity contribution in [3.05, 3.63) is 34.4 Å². The molecule has 1 aromatic carbocycles. The van der Waals surface area contributed by atoms with Crippen molar-refractivity contribution in [1.29, 1.82) is 0 Å². The number of sulfonamides is 1. The summed E-state index contributed by atoms with van der Waals surface area (Å²) in [4.78, 5) is 34.8. The summed E-state index contributed by atoms with van der Waals surface area (Å²) < 4.78 is 26.6. The minimum atomic E-state index is -4.02. The first-order valence-electron chi connectivity index (χ1n) is 8.29. The fourth-order valence-corrected chi connectivity index (χ4v) is 4.25. The molecule has 27 heavy (non-hydrogen) atoms. The molecule has 0 radical (unpaired) electrons. The smallest absolute Gasteiger partial charge is 0.321 e. The van der Waals surface area contributed by atoms with Crippen molar-refractivity contribution in [1.82, 2.24) is 19.8 Å². The summed E-state index contributed by atoms with van der Waals surface area (Å²) in [5.74, 6) is -0.490. The van der Waals surface area contributed by atoms with Crippen LogP contribution in [0, 0.1) is 10.1 Å². The van der Waals surface area contributed by atoms with E-state index in [1.165, 1.54) is 18.2 Å². The van der Waals surface area contributed by atoms with Crippen LogP contribution in [0.3, 0.4) is 0 Å². The van der Waals surface area contributed by atoms with Crippen LogP contribution >= 0.6 is 0 Å². The van der Waals surface area contributed by atoms with Gasteiger partial charge >= 0.3 is 6.03 Å². The Balaban J connectivity index is 1.98. The molecule has 0 aromatic heterocycles. The standard InChI is InChI=1S/C15H21N5O6S/c1-2-16-15(22)17-14(21)11-18-7-9-19(10-8-18)27(25,26)13-6-4-3-5-12(13)20(23)24/h3-6H,2,7-11H2,1H3,(H2,16,17,21,22). The number of imide groups is 1. The zero-order valence-corrected chi connectivity index (χ0v) is 15.6. The van der Waals surface area contributed by atoms with Crippen molar-refractivity contribution in [3.8, 4) is 0 Å². The van der Waals surface area contributed by atoms with Crippen molar-refractivity contribution < 1.29 is 22.9 Å². The first-order valence-corrected chi connectivity index (χ1v) is 9.73. The molecule has 0 atom stereocenters. The Kier molecular flexibility index (Phi) is 6.82. The van der Waals surface area contributed by atoms with Gasteiger partial charge in [0.2, 0.25) is 15.9 Å². The van der Waals surface area contributed by atoms with Crippen molar-refractivity contribution in [2.45, 2.75) is 11.8 Å². The van der Waals surface area contributed by atoms with Crippen molar-refractivity contribution >= 4 is 27.6 Å². The van der Waals surface area contributed by atoms with E-state index in [4.69, 9.17) is 0 Å². The highest BCUT2D eigenvalue weighted by Crippen LogP contribution is 2.26. The molecule has 11 nitrogen and oxygen atoms in total. The van der Waals surface area contributed by atoms with Crippen LogP contribution in [0.1, 0.15) is 6.92 Å². The lowest BCUT2D eigenvalue weighted by atomic mass is 10.3. The van der Waals surface area contributed by atoms with Gasteiger partial charge in [0.15, 0.2) is 4.90 Å². The minimum Gasteiger partial charge on any atom is -0.338 e. The maximum atomic E-state index is 12.7. The zero-order valence-electron chi connectivity index (χ0n) is 14.8. The number of carbonyl (C=O) groups excluding carboxylic acids is 2. The molecule has 12 heteroatoms. The number of piperazine rings is 1. The first-order chi connectivity index (χ1) is 12.8. The maximum Gasteiger partial charge on any atom is 0.321 e. The van der Waals surface area contributed by atoms with Gasteiger partial charge in [-0.1, -0.05) is 12.1 Å². The van der Waals surface area contributed by atoms with Gasteiger partial charge in [0.1, 0.15) is 0 Å². The molecule has 1 heterocycles. The number of para-hydroxylation sites is 1. The molecular formula is C15H21N5O6S. The zero-order chi connectivity index (χ0) is 20.0. The van der Waals surface area contributed by atoms with Crippen LogP contribution in [0.25, 0.3) is 0 Å². The molecule has 0 unspecified atom stereocenters. The van der Waals surface area contributed by atoms with Crippen LogP contribution in [0.5, 0.6) is 0 Å². The lowest BCUT2D eigenvalue weighted by Crippen LogP contribution is -2.52. The fraction of sp³-hybridized carbons (Fsp3) is 0.467. The molecule has 0 bridgehead atoms. The van der Waals surface area contributed by atoms with Gasteiger partial charge in [-0.2, -0.15) is 4.31 Å². The molecule has 2 rings (SSSR count). The second kappa shape index (κ2) is 8.88. The Morgan fingerprint density at radius 1 is 1.19 bits per heavy atom. The summed E-state index contributed by atoms with van der Waals surface area (Å²) in [7, 11) is -4.02.